The van der Waals surface area contributed by atoms with Crippen molar-refractivity contribution in [2.24, 2.45) is 5.92 Å². The Bertz CT molecular complexity index is 443. The minimum atomic E-state index is 0.165. The van der Waals surface area contributed by atoms with Gasteiger partial charge >= 0.3 is 0 Å². The minimum absolute atomic E-state index is 0.165. The Balaban J connectivity index is 1.64. The average Bonchev–Trinajstić information content (AvgIpc) is 2.56. The molecule has 0 saturated carbocycles. The van der Waals surface area contributed by atoms with Gasteiger partial charge in [-0.2, -0.15) is 0 Å². The van der Waals surface area contributed by atoms with E-state index >= 15 is 0 Å². The van der Waals surface area contributed by atoms with E-state index in [1.165, 1.54) is 5.56 Å². The zero-order valence-electron chi connectivity index (χ0n) is 11.8. The molecule has 2 aliphatic heterocycles. The van der Waals surface area contributed by atoms with Crippen molar-refractivity contribution in [3.05, 3.63) is 35.9 Å². The van der Waals surface area contributed by atoms with Crippen LogP contribution in [0.5, 0.6) is 0 Å². The Kier molecular flexibility index (Phi) is 4.33. The van der Waals surface area contributed by atoms with Gasteiger partial charge in [0.25, 0.3) is 0 Å². The first-order valence-electron chi connectivity index (χ1n) is 7.49. The Morgan fingerprint density at radius 3 is 2.70 bits per heavy atom. The second-order valence-corrected chi connectivity index (χ2v) is 5.59. The van der Waals surface area contributed by atoms with Crippen LogP contribution in [-0.4, -0.2) is 43.7 Å². The second kappa shape index (κ2) is 6.37. The summed E-state index contributed by atoms with van der Waals surface area (Å²) < 4.78 is 5.34. The normalized spacial score (nSPS) is 24.6. The van der Waals surface area contributed by atoms with Crippen molar-refractivity contribution in [2.45, 2.75) is 18.9 Å². The number of carbonyl (C=O) groups is 1. The molecule has 0 radical (unpaired) electrons. The van der Waals surface area contributed by atoms with Crippen LogP contribution in [0.1, 0.15) is 24.4 Å². The maximum atomic E-state index is 12.6. The fourth-order valence-electron chi connectivity index (χ4n) is 3.06. The lowest BCUT2D eigenvalue weighted by Crippen LogP contribution is -2.50. The van der Waals surface area contributed by atoms with Crippen LogP contribution in [0.2, 0.25) is 0 Å². The van der Waals surface area contributed by atoms with Crippen LogP contribution in [0.3, 0.4) is 0 Å². The predicted molar refractivity (Wildman–Crippen MR) is 77.3 cm³/mol. The Labute approximate surface area is 120 Å². The molecule has 4 heteroatoms. The van der Waals surface area contributed by atoms with Crippen molar-refractivity contribution in [3.8, 4) is 0 Å². The van der Waals surface area contributed by atoms with Gasteiger partial charge in [-0.1, -0.05) is 30.3 Å². The number of nitrogens with zero attached hydrogens (tertiary/aromatic N) is 1. The van der Waals surface area contributed by atoms with Crippen molar-refractivity contribution in [1.29, 1.82) is 0 Å². The van der Waals surface area contributed by atoms with E-state index in [1.807, 2.05) is 11.0 Å². The van der Waals surface area contributed by atoms with Gasteiger partial charge in [0.1, 0.15) is 0 Å². The number of benzene rings is 1. The highest BCUT2D eigenvalue weighted by Gasteiger charge is 2.30. The van der Waals surface area contributed by atoms with Gasteiger partial charge in [0.2, 0.25) is 5.91 Å². The summed E-state index contributed by atoms with van der Waals surface area (Å²) in [4.78, 5) is 14.6. The molecular weight excluding hydrogens is 252 g/mol. The number of rotatable bonds is 2. The van der Waals surface area contributed by atoms with Gasteiger partial charge in [-0.25, -0.2) is 0 Å². The summed E-state index contributed by atoms with van der Waals surface area (Å²) in [7, 11) is 0. The number of carbonyl (C=O) groups excluding carboxylic acids is 1. The van der Waals surface area contributed by atoms with Crippen molar-refractivity contribution in [2.75, 3.05) is 32.8 Å². The second-order valence-electron chi connectivity index (χ2n) is 5.59. The molecule has 108 valence electrons. The van der Waals surface area contributed by atoms with E-state index < -0.39 is 0 Å². The van der Waals surface area contributed by atoms with Crippen LogP contribution >= 0.6 is 0 Å². The van der Waals surface area contributed by atoms with Crippen molar-refractivity contribution >= 4 is 5.91 Å². The Morgan fingerprint density at radius 2 is 1.95 bits per heavy atom. The number of hydrogen-bond acceptors (Lipinski definition) is 3. The molecule has 0 spiro atoms. The molecule has 0 bridgehead atoms. The standard InChI is InChI=1S/C16H22N2O2/c19-16(14-6-10-20-11-7-14)18-9-8-17-15(12-18)13-4-2-1-3-5-13/h1-5,14-15,17H,6-12H2. The maximum Gasteiger partial charge on any atom is 0.225 e. The lowest BCUT2D eigenvalue weighted by atomic mass is 9.97. The topological polar surface area (TPSA) is 41.6 Å². The van der Waals surface area contributed by atoms with Crippen molar-refractivity contribution < 1.29 is 9.53 Å². The lowest BCUT2D eigenvalue weighted by Gasteiger charge is -2.36. The molecule has 2 aliphatic rings. The zero-order valence-corrected chi connectivity index (χ0v) is 11.8. The molecule has 2 heterocycles. The lowest BCUT2D eigenvalue weighted by molar-refractivity contribution is -0.139. The molecule has 1 atom stereocenters. The fraction of sp³-hybridized carbons (Fsp3) is 0.562. The van der Waals surface area contributed by atoms with Gasteiger partial charge in [-0.15, -0.1) is 0 Å². The molecule has 1 N–H and O–H groups in total. The van der Waals surface area contributed by atoms with Crippen LogP contribution < -0.4 is 5.32 Å². The average molecular weight is 274 g/mol. The first-order chi connectivity index (χ1) is 9.84. The van der Waals surface area contributed by atoms with E-state index in [-0.39, 0.29) is 12.0 Å². The Hall–Kier alpha value is -1.39. The van der Waals surface area contributed by atoms with Crippen molar-refractivity contribution in [1.82, 2.24) is 10.2 Å². The first kappa shape index (κ1) is 13.6. The molecular formula is C16H22N2O2. The molecule has 1 unspecified atom stereocenters. The largest absolute Gasteiger partial charge is 0.381 e. The summed E-state index contributed by atoms with van der Waals surface area (Å²) in [6.45, 7) is 3.92. The van der Waals surface area contributed by atoms with E-state index in [0.29, 0.717) is 5.91 Å². The van der Waals surface area contributed by atoms with Gasteiger partial charge in [0.15, 0.2) is 0 Å². The molecule has 3 rings (SSSR count). The quantitative estimate of drug-likeness (QED) is 0.890. The van der Waals surface area contributed by atoms with Crippen LogP contribution in [0.4, 0.5) is 0 Å². The molecule has 0 aliphatic carbocycles. The summed E-state index contributed by atoms with van der Waals surface area (Å²) in [6, 6.07) is 10.6. The molecule has 2 saturated heterocycles. The number of ether oxygens (including phenoxy) is 1. The van der Waals surface area contributed by atoms with Gasteiger partial charge in [-0.05, 0) is 18.4 Å². The van der Waals surface area contributed by atoms with Crippen LogP contribution in [0.15, 0.2) is 30.3 Å². The highest BCUT2D eigenvalue weighted by atomic mass is 16.5. The summed E-state index contributed by atoms with van der Waals surface area (Å²) in [5.74, 6) is 0.481. The summed E-state index contributed by atoms with van der Waals surface area (Å²) >= 11 is 0. The van der Waals surface area contributed by atoms with Crippen molar-refractivity contribution in [3.63, 3.8) is 0 Å². The molecule has 0 aromatic heterocycles. The fourth-order valence-corrected chi connectivity index (χ4v) is 3.06. The number of amides is 1. The third kappa shape index (κ3) is 3.02. The third-order valence-electron chi connectivity index (χ3n) is 4.26. The Morgan fingerprint density at radius 1 is 1.20 bits per heavy atom. The van der Waals surface area contributed by atoms with Gasteiger partial charge in [-0.3, -0.25) is 4.79 Å². The van der Waals surface area contributed by atoms with Gasteiger partial charge < -0.3 is 15.0 Å². The van der Waals surface area contributed by atoms with Crippen LogP contribution in [-0.2, 0) is 9.53 Å². The number of nitrogens with one attached hydrogen (secondary N) is 1. The summed E-state index contributed by atoms with van der Waals surface area (Å²) in [6.07, 6.45) is 1.75. The molecule has 2 fully saturated rings. The van der Waals surface area contributed by atoms with Crippen LogP contribution in [0.25, 0.3) is 0 Å². The number of hydrogen-bond donors (Lipinski definition) is 1. The van der Waals surface area contributed by atoms with E-state index in [9.17, 15) is 4.79 Å². The minimum Gasteiger partial charge on any atom is -0.381 e. The third-order valence-corrected chi connectivity index (χ3v) is 4.26. The molecule has 20 heavy (non-hydrogen) atoms. The molecule has 4 nitrogen and oxygen atoms in total. The van der Waals surface area contributed by atoms with E-state index in [4.69, 9.17) is 4.74 Å². The predicted octanol–water partition coefficient (Wildman–Crippen LogP) is 1.59. The van der Waals surface area contributed by atoms with Gasteiger partial charge in [0, 0.05) is 44.8 Å². The number of piperazine rings is 1. The monoisotopic (exact) mass is 274 g/mol. The van der Waals surface area contributed by atoms with E-state index in [0.717, 1.165) is 45.7 Å². The van der Waals surface area contributed by atoms with E-state index in [1.54, 1.807) is 0 Å². The van der Waals surface area contributed by atoms with E-state index in [2.05, 4.69) is 29.6 Å². The molecule has 1 aromatic rings. The SMILES string of the molecule is O=C(C1CCOCC1)N1CCNC(c2ccccc2)C1. The molecule has 1 amide bonds. The molecule has 1 aromatic carbocycles. The van der Waals surface area contributed by atoms with Crippen LogP contribution in [0, 0.1) is 5.92 Å². The highest BCUT2D eigenvalue weighted by Crippen LogP contribution is 2.22. The highest BCUT2D eigenvalue weighted by molar-refractivity contribution is 5.79. The van der Waals surface area contributed by atoms with Gasteiger partial charge in [0.05, 0.1) is 0 Å². The first-order valence-corrected chi connectivity index (χ1v) is 7.49. The maximum absolute atomic E-state index is 12.6. The smallest absolute Gasteiger partial charge is 0.225 e. The summed E-state index contributed by atoms with van der Waals surface area (Å²) in [5.41, 5.74) is 1.26. The zero-order chi connectivity index (χ0) is 13.8. The summed E-state index contributed by atoms with van der Waals surface area (Å²) in [5, 5.41) is 3.50.